The number of hydrogen-bond acceptors (Lipinski definition) is 2. The summed E-state index contributed by atoms with van der Waals surface area (Å²) >= 11 is 5.76. The third-order valence-corrected chi connectivity index (χ3v) is 2.87. The van der Waals surface area contributed by atoms with E-state index in [4.69, 9.17) is 17.1 Å². The second-order valence-electron chi connectivity index (χ2n) is 3.90. The molecule has 0 radical (unpaired) electrons. The molecule has 8 heteroatoms. The number of azide groups is 1. The molecule has 0 aromatic heterocycles. The Morgan fingerprint density at radius 1 is 1.24 bits per heavy atom. The van der Waals surface area contributed by atoms with E-state index in [0.29, 0.717) is 0 Å². The van der Waals surface area contributed by atoms with E-state index in [1.807, 2.05) is 0 Å². The number of nitrogens with one attached hydrogen (secondary N) is 1. The van der Waals surface area contributed by atoms with Crippen molar-refractivity contribution in [3.63, 3.8) is 0 Å². The highest BCUT2D eigenvalue weighted by molar-refractivity contribution is 6.34. The van der Waals surface area contributed by atoms with Crippen molar-refractivity contribution >= 4 is 28.9 Å². The van der Waals surface area contributed by atoms with Crippen LogP contribution in [0.3, 0.4) is 0 Å². The van der Waals surface area contributed by atoms with Crippen LogP contribution < -0.4 is 5.32 Å². The number of halogens is 3. The number of hydrogen-bond donors (Lipinski definition) is 1. The van der Waals surface area contributed by atoms with Gasteiger partial charge in [-0.25, -0.2) is 8.78 Å². The van der Waals surface area contributed by atoms with Gasteiger partial charge in [-0.2, -0.15) is 0 Å². The van der Waals surface area contributed by atoms with Gasteiger partial charge in [0.1, 0.15) is 11.6 Å². The molecule has 0 aliphatic heterocycles. The highest BCUT2D eigenvalue weighted by Gasteiger charge is 2.15. The first kappa shape index (κ1) is 14.8. The SMILES string of the molecule is [N-]=[N+]=Nc1ccc(C(=O)Nc2c(F)cccc2Cl)c(F)c1. The van der Waals surface area contributed by atoms with Gasteiger partial charge in [0.15, 0.2) is 0 Å². The van der Waals surface area contributed by atoms with Gasteiger partial charge in [-0.05, 0) is 29.8 Å². The van der Waals surface area contributed by atoms with Crippen molar-refractivity contribution in [1.29, 1.82) is 0 Å². The molecule has 0 unspecified atom stereocenters. The van der Waals surface area contributed by atoms with Crippen molar-refractivity contribution in [2.75, 3.05) is 5.32 Å². The summed E-state index contributed by atoms with van der Waals surface area (Å²) in [5.74, 6) is -2.50. The summed E-state index contributed by atoms with van der Waals surface area (Å²) in [4.78, 5) is 14.4. The highest BCUT2D eigenvalue weighted by atomic mass is 35.5. The molecule has 0 saturated carbocycles. The maximum absolute atomic E-state index is 13.8. The van der Waals surface area contributed by atoms with Crippen LogP contribution in [0, 0.1) is 11.6 Å². The minimum Gasteiger partial charge on any atom is -0.318 e. The van der Waals surface area contributed by atoms with Crippen LogP contribution in [0.25, 0.3) is 10.4 Å². The van der Waals surface area contributed by atoms with E-state index in [-0.39, 0.29) is 22.0 Å². The average molecular weight is 309 g/mol. The zero-order valence-corrected chi connectivity index (χ0v) is 11.1. The number of carbonyl (C=O) groups excluding carboxylic acids is 1. The fourth-order valence-corrected chi connectivity index (χ4v) is 1.81. The summed E-state index contributed by atoms with van der Waals surface area (Å²) in [6, 6.07) is 7.17. The van der Waals surface area contributed by atoms with Gasteiger partial charge in [0.25, 0.3) is 5.91 Å². The number of para-hydroxylation sites is 1. The van der Waals surface area contributed by atoms with Gasteiger partial charge < -0.3 is 5.32 Å². The smallest absolute Gasteiger partial charge is 0.258 e. The molecule has 2 rings (SSSR count). The summed E-state index contributed by atoms with van der Waals surface area (Å²) in [6.07, 6.45) is 0. The second kappa shape index (κ2) is 6.21. The van der Waals surface area contributed by atoms with Crippen molar-refractivity contribution in [2.24, 2.45) is 5.11 Å². The predicted molar refractivity (Wildman–Crippen MR) is 74.6 cm³/mol. The largest absolute Gasteiger partial charge is 0.318 e. The van der Waals surface area contributed by atoms with Crippen LogP contribution >= 0.6 is 11.6 Å². The van der Waals surface area contributed by atoms with Gasteiger partial charge in [0.2, 0.25) is 0 Å². The molecule has 0 saturated heterocycles. The Morgan fingerprint density at radius 3 is 2.62 bits per heavy atom. The zero-order valence-electron chi connectivity index (χ0n) is 10.3. The number of amides is 1. The van der Waals surface area contributed by atoms with Crippen LogP contribution in [0.4, 0.5) is 20.2 Å². The van der Waals surface area contributed by atoms with Crippen LogP contribution in [0.5, 0.6) is 0 Å². The van der Waals surface area contributed by atoms with Gasteiger partial charge in [0.05, 0.1) is 16.3 Å². The molecule has 0 atom stereocenters. The Balaban J connectivity index is 2.31. The molecule has 1 amide bonds. The highest BCUT2D eigenvalue weighted by Crippen LogP contribution is 2.26. The standard InChI is InChI=1S/C13H7ClF2N4O/c14-9-2-1-3-10(15)12(9)18-13(21)8-5-4-7(19-20-17)6-11(8)16/h1-6H,(H,18,21). The molecule has 2 aromatic carbocycles. The molecule has 0 aliphatic rings. The van der Waals surface area contributed by atoms with Crippen molar-refractivity contribution in [3.05, 3.63) is 69.1 Å². The normalized spacial score (nSPS) is 9.86. The number of nitrogens with zero attached hydrogens (tertiary/aromatic N) is 3. The van der Waals surface area contributed by atoms with E-state index in [9.17, 15) is 13.6 Å². The lowest BCUT2D eigenvalue weighted by Crippen LogP contribution is -2.15. The molecule has 0 fully saturated rings. The summed E-state index contributed by atoms with van der Waals surface area (Å²) in [7, 11) is 0. The van der Waals surface area contributed by atoms with Crippen LogP contribution in [-0.4, -0.2) is 5.91 Å². The minimum absolute atomic E-state index is 0.00513. The Bertz CT molecular complexity index is 740. The summed E-state index contributed by atoms with van der Waals surface area (Å²) in [5, 5.41) is 5.40. The quantitative estimate of drug-likeness (QED) is 0.493. The molecule has 106 valence electrons. The summed E-state index contributed by atoms with van der Waals surface area (Å²) in [6.45, 7) is 0. The van der Waals surface area contributed by atoms with Gasteiger partial charge in [-0.15, -0.1) is 0 Å². The van der Waals surface area contributed by atoms with E-state index in [0.717, 1.165) is 18.2 Å². The van der Waals surface area contributed by atoms with E-state index in [2.05, 4.69) is 15.3 Å². The summed E-state index contributed by atoms with van der Waals surface area (Å²) in [5.41, 5.74) is 7.71. The zero-order chi connectivity index (χ0) is 15.4. The first-order valence-electron chi connectivity index (χ1n) is 5.63. The van der Waals surface area contributed by atoms with E-state index >= 15 is 0 Å². The first-order chi connectivity index (χ1) is 10.0. The van der Waals surface area contributed by atoms with Crippen molar-refractivity contribution in [3.8, 4) is 0 Å². The van der Waals surface area contributed by atoms with Crippen LogP contribution in [0.2, 0.25) is 5.02 Å². The summed E-state index contributed by atoms with van der Waals surface area (Å²) < 4.78 is 27.3. The fraction of sp³-hybridized carbons (Fsp3) is 0. The van der Waals surface area contributed by atoms with Gasteiger partial charge in [-0.3, -0.25) is 4.79 Å². The Labute approximate surface area is 122 Å². The molecule has 2 aromatic rings. The van der Waals surface area contributed by atoms with Crippen molar-refractivity contribution in [1.82, 2.24) is 0 Å². The van der Waals surface area contributed by atoms with Crippen molar-refractivity contribution < 1.29 is 13.6 Å². The maximum atomic E-state index is 13.8. The maximum Gasteiger partial charge on any atom is 0.258 e. The Hall–Kier alpha value is -2.63. The number of anilines is 1. The van der Waals surface area contributed by atoms with E-state index in [1.54, 1.807) is 0 Å². The van der Waals surface area contributed by atoms with Gasteiger partial charge >= 0.3 is 0 Å². The average Bonchev–Trinajstić information content (AvgIpc) is 2.43. The first-order valence-corrected chi connectivity index (χ1v) is 6.00. The van der Waals surface area contributed by atoms with Gasteiger partial charge in [-0.1, -0.05) is 28.8 Å². The van der Waals surface area contributed by atoms with E-state index in [1.165, 1.54) is 18.2 Å². The van der Waals surface area contributed by atoms with Crippen LogP contribution in [-0.2, 0) is 0 Å². The van der Waals surface area contributed by atoms with Crippen LogP contribution in [0.15, 0.2) is 41.5 Å². The number of carbonyl (C=O) groups is 1. The Kier molecular flexibility index (Phi) is 4.37. The lowest BCUT2D eigenvalue weighted by atomic mass is 10.1. The predicted octanol–water partition coefficient (Wildman–Crippen LogP) is 4.81. The lowest BCUT2D eigenvalue weighted by molar-refractivity contribution is 0.102. The molecule has 0 bridgehead atoms. The van der Waals surface area contributed by atoms with E-state index < -0.39 is 17.5 Å². The second-order valence-corrected chi connectivity index (χ2v) is 4.31. The Morgan fingerprint density at radius 2 is 2.00 bits per heavy atom. The monoisotopic (exact) mass is 308 g/mol. The molecule has 5 nitrogen and oxygen atoms in total. The lowest BCUT2D eigenvalue weighted by Gasteiger charge is -2.09. The molecule has 0 spiro atoms. The van der Waals surface area contributed by atoms with Crippen LogP contribution in [0.1, 0.15) is 10.4 Å². The molecule has 21 heavy (non-hydrogen) atoms. The topological polar surface area (TPSA) is 77.9 Å². The molecular formula is C13H7ClF2N4O. The molecular weight excluding hydrogens is 302 g/mol. The van der Waals surface area contributed by atoms with Crippen molar-refractivity contribution in [2.45, 2.75) is 0 Å². The van der Waals surface area contributed by atoms with Gasteiger partial charge in [0, 0.05) is 10.6 Å². The number of benzene rings is 2. The molecule has 0 aliphatic carbocycles. The minimum atomic E-state index is -0.898. The fourth-order valence-electron chi connectivity index (χ4n) is 1.60. The molecule has 0 heterocycles. The third kappa shape index (κ3) is 3.28. The molecule has 1 N–H and O–H groups in total. The third-order valence-electron chi connectivity index (χ3n) is 2.56. The number of rotatable bonds is 3.